The summed E-state index contributed by atoms with van der Waals surface area (Å²) in [6.45, 7) is 2.11. The van der Waals surface area contributed by atoms with E-state index in [0.29, 0.717) is 19.3 Å². The van der Waals surface area contributed by atoms with E-state index in [2.05, 4.69) is 11.9 Å². The average molecular weight is 276 g/mol. The van der Waals surface area contributed by atoms with E-state index in [1.54, 1.807) is 0 Å². The van der Waals surface area contributed by atoms with Crippen LogP contribution in [-0.2, 0) is 6.54 Å². The van der Waals surface area contributed by atoms with Gasteiger partial charge in [0.25, 0.3) is 0 Å². The molecule has 1 aliphatic carbocycles. The van der Waals surface area contributed by atoms with Gasteiger partial charge in [-0.05, 0) is 31.5 Å². The molecule has 0 unspecified atom stereocenters. The van der Waals surface area contributed by atoms with E-state index in [1.807, 2.05) is 12.1 Å². The molecule has 0 atom stereocenters. The molecule has 4 heteroatoms. The van der Waals surface area contributed by atoms with Gasteiger partial charge in [0.05, 0.1) is 0 Å². The summed E-state index contributed by atoms with van der Waals surface area (Å²) in [6.07, 6.45) is 6.70. The van der Waals surface area contributed by atoms with Crippen molar-refractivity contribution in [3.05, 3.63) is 17.7 Å². The molecule has 0 amide bonds. The molecule has 0 aromatic heterocycles. The first kappa shape index (κ1) is 13.6. The van der Waals surface area contributed by atoms with Crippen molar-refractivity contribution in [1.82, 2.24) is 4.90 Å². The fourth-order valence-electron chi connectivity index (χ4n) is 3.20. The minimum Gasteiger partial charge on any atom is -0.486 e. The standard InChI is InChI=1S/C16H24N2O2/c1-18(13-5-3-2-4-6-13)11-12-9-15-16(10-14(12)17)20-8-7-19-15/h9-10,13H,2-8,11,17H2,1H3. The van der Waals surface area contributed by atoms with Crippen molar-refractivity contribution < 1.29 is 9.47 Å². The maximum atomic E-state index is 6.16. The summed E-state index contributed by atoms with van der Waals surface area (Å²) in [6, 6.07) is 4.64. The maximum absolute atomic E-state index is 6.16. The minimum absolute atomic E-state index is 0.605. The van der Waals surface area contributed by atoms with Crippen LogP contribution in [0, 0.1) is 0 Å². The Morgan fingerprint density at radius 3 is 2.45 bits per heavy atom. The number of nitrogens with zero attached hydrogens (tertiary/aromatic N) is 1. The molecule has 4 nitrogen and oxygen atoms in total. The van der Waals surface area contributed by atoms with Crippen molar-refractivity contribution >= 4 is 5.69 Å². The average Bonchev–Trinajstić information content (AvgIpc) is 2.49. The predicted octanol–water partition coefficient (Wildman–Crippen LogP) is 2.80. The van der Waals surface area contributed by atoms with Gasteiger partial charge in [0.1, 0.15) is 13.2 Å². The van der Waals surface area contributed by atoms with Crippen LogP contribution >= 0.6 is 0 Å². The molecule has 2 aliphatic rings. The quantitative estimate of drug-likeness (QED) is 0.862. The van der Waals surface area contributed by atoms with E-state index in [4.69, 9.17) is 15.2 Å². The molecule has 1 aromatic rings. The monoisotopic (exact) mass is 276 g/mol. The molecule has 2 N–H and O–H groups in total. The van der Waals surface area contributed by atoms with Crippen LogP contribution in [-0.4, -0.2) is 31.2 Å². The number of hydrogen-bond acceptors (Lipinski definition) is 4. The molecular weight excluding hydrogens is 252 g/mol. The van der Waals surface area contributed by atoms with E-state index in [-0.39, 0.29) is 0 Å². The van der Waals surface area contributed by atoms with Crippen LogP contribution in [0.1, 0.15) is 37.7 Å². The van der Waals surface area contributed by atoms with E-state index < -0.39 is 0 Å². The van der Waals surface area contributed by atoms with Gasteiger partial charge in [-0.3, -0.25) is 4.90 Å². The SMILES string of the molecule is CN(Cc1cc2c(cc1N)OCCO2)C1CCCCC1. The molecule has 0 bridgehead atoms. The lowest BCUT2D eigenvalue weighted by molar-refractivity contribution is 0.169. The summed E-state index contributed by atoms with van der Waals surface area (Å²) >= 11 is 0. The zero-order valence-electron chi connectivity index (χ0n) is 12.2. The Hall–Kier alpha value is -1.42. The summed E-state index contributed by atoms with van der Waals surface area (Å²) in [7, 11) is 2.20. The highest BCUT2D eigenvalue weighted by atomic mass is 16.6. The Morgan fingerprint density at radius 2 is 1.75 bits per heavy atom. The number of ether oxygens (including phenoxy) is 2. The molecule has 1 heterocycles. The van der Waals surface area contributed by atoms with Gasteiger partial charge in [0.15, 0.2) is 11.5 Å². The van der Waals surface area contributed by atoms with Crippen molar-refractivity contribution in [2.45, 2.75) is 44.7 Å². The second kappa shape index (κ2) is 5.92. The number of anilines is 1. The Balaban J connectivity index is 1.73. The van der Waals surface area contributed by atoms with Crippen LogP contribution in [0.5, 0.6) is 11.5 Å². The number of rotatable bonds is 3. The van der Waals surface area contributed by atoms with Gasteiger partial charge < -0.3 is 15.2 Å². The smallest absolute Gasteiger partial charge is 0.163 e. The van der Waals surface area contributed by atoms with Crippen molar-refractivity contribution in [1.29, 1.82) is 0 Å². The van der Waals surface area contributed by atoms with Gasteiger partial charge in [-0.15, -0.1) is 0 Å². The van der Waals surface area contributed by atoms with Crippen molar-refractivity contribution in [2.24, 2.45) is 0 Å². The third kappa shape index (κ3) is 2.85. The van der Waals surface area contributed by atoms with Gasteiger partial charge in [0, 0.05) is 24.3 Å². The molecule has 3 rings (SSSR count). The number of fused-ring (bicyclic) bond motifs is 1. The highest BCUT2D eigenvalue weighted by Crippen LogP contribution is 2.35. The lowest BCUT2D eigenvalue weighted by atomic mass is 9.94. The first-order valence-electron chi connectivity index (χ1n) is 7.62. The molecule has 1 saturated carbocycles. The summed E-state index contributed by atoms with van der Waals surface area (Å²) in [5, 5.41) is 0. The molecular formula is C16H24N2O2. The van der Waals surface area contributed by atoms with E-state index in [0.717, 1.165) is 29.3 Å². The zero-order chi connectivity index (χ0) is 13.9. The zero-order valence-corrected chi connectivity index (χ0v) is 12.2. The molecule has 0 radical (unpaired) electrons. The fourth-order valence-corrected chi connectivity index (χ4v) is 3.20. The van der Waals surface area contributed by atoms with Crippen molar-refractivity contribution in [2.75, 3.05) is 26.0 Å². The van der Waals surface area contributed by atoms with Gasteiger partial charge in [-0.1, -0.05) is 19.3 Å². The summed E-state index contributed by atoms with van der Waals surface area (Å²) in [5.41, 5.74) is 8.10. The van der Waals surface area contributed by atoms with E-state index in [9.17, 15) is 0 Å². The number of hydrogen-bond donors (Lipinski definition) is 1. The molecule has 0 saturated heterocycles. The second-order valence-corrected chi connectivity index (χ2v) is 5.90. The lowest BCUT2D eigenvalue weighted by Gasteiger charge is -2.31. The van der Waals surface area contributed by atoms with Gasteiger partial charge >= 0.3 is 0 Å². The third-order valence-corrected chi connectivity index (χ3v) is 4.42. The molecule has 110 valence electrons. The third-order valence-electron chi connectivity index (χ3n) is 4.42. The Labute approximate surface area is 120 Å². The molecule has 0 spiro atoms. The number of benzene rings is 1. The topological polar surface area (TPSA) is 47.7 Å². The van der Waals surface area contributed by atoms with Crippen LogP contribution in [0.4, 0.5) is 5.69 Å². The fraction of sp³-hybridized carbons (Fsp3) is 0.625. The van der Waals surface area contributed by atoms with Gasteiger partial charge in [-0.25, -0.2) is 0 Å². The van der Waals surface area contributed by atoms with E-state index >= 15 is 0 Å². The maximum Gasteiger partial charge on any atom is 0.163 e. The Bertz CT molecular complexity index is 470. The molecule has 20 heavy (non-hydrogen) atoms. The molecule has 1 fully saturated rings. The second-order valence-electron chi connectivity index (χ2n) is 5.90. The summed E-state index contributed by atoms with van der Waals surface area (Å²) in [4.78, 5) is 2.43. The Morgan fingerprint density at radius 1 is 1.10 bits per heavy atom. The normalized spacial score (nSPS) is 19.3. The predicted molar refractivity (Wildman–Crippen MR) is 80.2 cm³/mol. The first-order valence-corrected chi connectivity index (χ1v) is 7.62. The van der Waals surface area contributed by atoms with Crippen LogP contribution in [0.3, 0.4) is 0 Å². The molecule has 1 aromatic carbocycles. The van der Waals surface area contributed by atoms with Gasteiger partial charge in [-0.2, -0.15) is 0 Å². The summed E-state index contributed by atoms with van der Waals surface area (Å²) < 4.78 is 11.2. The van der Waals surface area contributed by atoms with Crippen LogP contribution in [0.2, 0.25) is 0 Å². The highest BCUT2D eigenvalue weighted by molar-refractivity contribution is 5.58. The van der Waals surface area contributed by atoms with Crippen LogP contribution in [0.25, 0.3) is 0 Å². The number of nitrogen functional groups attached to an aromatic ring is 1. The number of nitrogens with two attached hydrogens (primary N) is 1. The van der Waals surface area contributed by atoms with Crippen molar-refractivity contribution in [3.63, 3.8) is 0 Å². The lowest BCUT2D eigenvalue weighted by Crippen LogP contribution is -2.33. The Kier molecular flexibility index (Phi) is 4.01. The van der Waals surface area contributed by atoms with Crippen molar-refractivity contribution in [3.8, 4) is 11.5 Å². The first-order chi connectivity index (χ1) is 9.74. The van der Waals surface area contributed by atoms with Gasteiger partial charge in [0.2, 0.25) is 0 Å². The van der Waals surface area contributed by atoms with Crippen LogP contribution < -0.4 is 15.2 Å². The van der Waals surface area contributed by atoms with E-state index in [1.165, 1.54) is 32.1 Å². The van der Waals surface area contributed by atoms with Crippen LogP contribution in [0.15, 0.2) is 12.1 Å². The highest BCUT2D eigenvalue weighted by Gasteiger charge is 2.20. The minimum atomic E-state index is 0.605. The summed E-state index contributed by atoms with van der Waals surface area (Å²) in [5.74, 6) is 1.61. The largest absolute Gasteiger partial charge is 0.486 e. The molecule has 1 aliphatic heterocycles.